The Kier molecular flexibility index (Phi) is 7.28. The van der Waals surface area contributed by atoms with Gasteiger partial charge in [0.05, 0.1) is 11.3 Å². The Morgan fingerprint density at radius 1 is 0.966 bits per heavy atom. The first-order valence-electron chi connectivity index (χ1n) is 10.4. The minimum absolute atomic E-state index is 0.246. The first-order valence-corrected chi connectivity index (χ1v) is 10.4. The van der Waals surface area contributed by atoms with Gasteiger partial charge < -0.3 is 15.4 Å². The molecule has 5 nitrogen and oxygen atoms in total. The summed E-state index contributed by atoms with van der Waals surface area (Å²) in [4.78, 5) is 24.7. The van der Waals surface area contributed by atoms with E-state index >= 15 is 0 Å². The average Bonchev–Trinajstić information content (AvgIpc) is 2.75. The van der Waals surface area contributed by atoms with Gasteiger partial charge in [0, 0.05) is 12.2 Å². The Morgan fingerprint density at radius 3 is 2.48 bits per heavy atom. The number of aryl methyl sites for hydroxylation is 1. The van der Waals surface area contributed by atoms with E-state index in [1.165, 1.54) is 24.8 Å². The van der Waals surface area contributed by atoms with Crippen molar-refractivity contribution in [2.45, 2.75) is 46.0 Å². The number of hydrogen-bond donors (Lipinski definition) is 2. The first-order chi connectivity index (χ1) is 14.0. The van der Waals surface area contributed by atoms with Crippen molar-refractivity contribution in [1.82, 2.24) is 5.32 Å². The predicted molar refractivity (Wildman–Crippen MR) is 116 cm³/mol. The molecule has 0 bridgehead atoms. The Balaban J connectivity index is 1.56. The number of hydrogen-bond acceptors (Lipinski definition) is 4. The summed E-state index contributed by atoms with van der Waals surface area (Å²) >= 11 is 0. The summed E-state index contributed by atoms with van der Waals surface area (Å²) < 4.78 is 5.27. The van der Waals surface area contributed by atoms with E-state index in [1.807, 2.05) is 44.2 Å². The number of carbonyl (C=O) groups excluding carboxylic acids is 2. The van der Waals surface area contributed by atoms with Gasteiger partial charge in [0.25, 0.3) is 5.91 Å². The SMILES string of the molecule is Cc1cccc(Nc2ccccc2C(=O)OCC(=O)NCC2CCCCC2)c1C. The van der Waals surface area contributed by atoms with Crippen LogP contribution in [0.4, 0.5) is 11.4 Å². The van der Waals surface area contributed by atoms with Gasteiger partial charge in [-0.2, -0.15) is 0 Å². The minimum Gasteiger partial charge on any atom is -0.452 e. The molecule has 0 aromatic heterocycles. The third-order valence-corrected chi connectivity index (χ3v) is 5.67. The Hall–Kier alpha value is -2.82. The molecular formula is C24H30N2O3. The Labute approximate surface area is 172 Å². The third-order valence-electron chi connectivity index (χ3n) is 5.67. The van der Waals surface area contributed by atoms with E-state index in [1.54, 1.807) is 12.1 Å². The van der Waals surface area contributed by atoms with Crippen molar-refractivity contribution >= 4 is 23.3 Å². The minimum atomic E-state index is -0.508. The van der Waals surface area contributed by atoms with Crippen molar-refractivity contribution in [2.75, 3.05) is 18.5 Å². The molecule has 1 amide bonds. The molecule has 0 unspecified atom stereocenters. The highest BCUT2D eigenvalue weighted by atomic mass is 16.5. The summed E-state index contributed by atoms with van der Waals surface area (Å²) in [5.74, 6) is -0.207. The number of para-hydroxylation sites is 1. The van der Waals surface area contributed by atoms with Crippen LogP contribution in [-0.2, 0) is 9.53 Å². The van der Waals surface area contributed by atoms with Crippen LogP contribution < -0.4 is 10.6 Å². The van der Waals surface area contributed by atoms with Gasteiger partial charge in [0.2, 0.25) is 0 Å². The van der Waals surface area contributed by atoms with Gasteiger partial charge >= 0.3 is 5.97 Å². The number of rotatable bonds is 7. The summed E-state index contributed by atoms with van der Waals surface area (Å²) in [5.41, 5.74) is 4.31. The van der Waals surface area contributed by atoms with E-state index in [-0.39, 0.29) is 12.5 Å². The van der Waals surface area contributed by atoms with Gasteiger partial charge in [-0.15, -0.1) is 0 Å². The molecule has 0 aliphatic heterocycles. The molecule has 3 rings (SSSR count). The van der Waals surface area contributed by atoms with E-state index in [0.717, 1.165) is 24.1 Å². The number of nitrogens with one attached hydrogen (secondary N) is 2. The maximum Gasteiger partial charge on any atom is 0.340 e. The van der Waals surface area contributed by atoms with Crippen LogP contribution in [0.3, 0.4) is 0 Å². The number of benzene rings is 2. The molecule has 0 atom stereocenters. The molecule has 1 aliphatic carbocycles. The van der Waals surface area contributed by atoms with Gasteiger partial charge in [0.15, 0.2) is 6.61 Å². The smallest absolute Gasteiger partial charge is 0.340 e. The summed E-state index contributed by atoms with van der Waals surface area (Å²) in [6.07, 6.45) is 6.09. The van der Waals surface area contributed by atoms with Crippen molar-refractivity contribution in [1.29, 1.82) is 0 Å². The van der Waals surface area contributed by atoms with E-state index < -0.39 is 5.97 Å². The van der Waals surface area contributed by atoms with E-state index in [9.17, 15) is 9.59 Å². The largest absolute Gasteiger partial charge is 0.452 e. The van der Waals surface area contributed by atoms with Crippen LogP contribution in [0.25, 0.3) is 0 Å². The summed E-state index contributed by atoms with van der Waals surface area (Å²) in [7, 11) is 0. The van der Waals surface area contributed by atoms with Gasteiger partial charge in [-0.25, -0.2) is 4.79 Å². The molecule has 0 spiro atoms. The van der Waals surface area contributed by atoms with Crippen LogP contribution in [0.15, 0.2) is 42.5 Å². The van der Waals surface area contributed by atoms with Gasteiger partial charge in [-0.05, 0) is 61.9 Å². The molecular weight excluding hydrogens is 364 g/mol. The highest BCUT2D eigenvalue weighted by molar-refractivity contribution is 5.97. The molecule has 29 heavy (non-hydrogen) atoms. The topological polar surface area (TPSA) is 67.4 Å². The van der Waals surface area contributed by atoms with Crippen molar-refractivity contribution in [3.05, 3.63) is 59.2 Å². The quantitative estimate of drug-likeness (QED) is 0.656. The first kappa shape index (κ1) is 20.9. The molecule has 0 radical (unpaired) electrons. The summed E-state index contributed by atoms with van der Waals surface area (Å²) in [6.45, 7) is 4.49. The highest BCUT2D eigenvalue weighted by Gasteiger charge is 2.17. The van der Waals surface area contributed by atoms with Gasteiger partial charge in [0.1, 0.15) is 0 Å². The average molecular weight is 395 g/mol. The number of amides is 1. The van der Waals surface area contributed by atoms with Gasteiger partial charge in [-0.3, -0.25) is 4.79 Å². The highest BCUT2D eigenvalue weighted by Crippen LogP contribution is 2.26. The molecule has 2 aromatic carbocycles. The number of ether oxygens (including phenoxy) is 1. The lowest BCUT2D eigenvalue weighted by Gasteiger charge is -2.21. The maximum absolute atomic E-state index is 12.6. The lowest BCUT2D eigenvalue weighted by Crippen LogP contribution is -2.33. The molecule has 1 aliphatic rings. The molecule has 1 saturated carbocycles. The standard InChI is InChI=1S/C24H30N2O3/c1-17-9-8-14-21(18(17)2)26-22-13-7-6-12-20(22)24(28)29-16-23(27)25-15-19-10-4-3-5-11-19/h6-9,12-14,19,26H,3-5,10-11,15-16H2,1-2H3,(H,25,27). The Bertz CT molecular complexity index is 857. The van der Waals surface area contributed by atoms with Crippen LogP contribution in [0.2, 0.25) is 0 Å². The van der Waals surface area contributed by atoms with Gasteiger partial charge in [-0.1, -0.05) is 43.5 Å². The van der Waals surface area contributed by atoms with Crippen molar-refractivity contribution in [3.63, 3.8) is 0 Å². The van der Waals surface area contributed by atoms with E-state index in [2.05, 4.69) is 10.6 Å². The second kappa shape index (κ2) is 10.1. The maximum atomic E-state index is 12.6. The summed E-state index contributed by atoms with van der Waals surface area (Å²) in [6, 6.07) is 13.2. The number of carbonyl (C=O) groups is 2. The second-order valence-corrected chi connectivity index (χ2v) is 7.80. The fourth-order valence-electron chi connectivity index (χ4n) is 3.71. The van der Waals surface area contributed by atoms with Crippen molar-refractivity contribution in [2.24, 2.45) is 5.92 Å². The van der Waals surface area contributed by atoms with Crippen LogP contribution in [-0.4, -0.2) is 25.0 Å². The predicted octanol–water partition coefficient (Wildman–Crippen LogP) is 4.90. The Morgan fingerprint density at radius 2 is 1.69 bits per heavy atom. The zero-order valence-corrected chi connectivity index (χ0v) is 17.3. The van der Waals surface area contributed by atoms with Crippen LogP contribution >= 0.6 is 0 Å². The number of esters is 1. The fourth-order valence-corrected chi connectivity index (χ4v) is 3.71. The molecule has 154 valence electrons. The zero-order chi connectivity index (χ0) is 20.6. The molecule has 1 fully saturated rings. The summed E-state index contributed by atoms with van der Waals surface area (Å²) in [5, 5.41) is 6.21. The fraction of sp³-hybridized carbons (Fsp3) is 0.417. The van der Waals surface area contributed by atoms with E-state index in [4.69, 9.17) is 4.74 Å². The van der Waals surface area contributed by atoms with Crippen LogP contribution in [0.5, 0.6) is 0 Å². The van der Waals surface area contributed by atoms with Crippen molar-refractivity contribution < 1.29 is 14.3 Å². The van der Waals surface area contributed by atoms with Crippen molar-refractivity contribution in [3.8, 4) is 0 Å². The zero-order valence-electron chi connectivity index (χ0n) is 17.3. The third kappa shape index (κ3) is 5.83. The molecule has 5 heteroatoms. The van der Waals surface area contributed by atoms with E-state index in [0.29, 0.717) is 23.7 Å². The molecule has 0 heterocycles. The molecule has 0 saturated heterocycles. The second-order valence-electron chi connectivity index (χ2n) is 7.80. The lowest BCUT2D eigenvalue weighted by atomic mass is 9.89. The number of anilines is 2. The molecule has 2 N–H and O–H groups in total. The molecule has 2 aromatic rings. The monoisotopic (exact) mass is 394 g/mol. The lowest BCUT2D eigenvalue weighted by molar-refractivity contribution is -0.124. The van der Waals surface area contributed by atoms with Crippen LogP contribution in [0, 0.1) is 19.8 Å². The van der Waals surface area contributed by atoms with Crippen LogP contribution in [0.1, 0.15) is 53.6 Å². The normalized spacial score (nSPS) is 14.3.